The van der Waals surface area contributed by atoms with Crippen LogP contribution in [0.1, 0.15) is 16.1 Å². The van der Waals surface area contributed by atoms with Gasteiger partial charge in [0.15, 0.2) is 0 Å². The summed E-state index contributed by atoms with van der Waals surface area (Å²) in [4.78, 5) is 21.7. The second-order valence-electron chi connectivity index (χ2n) is 5.24. The van der Waals surface area contributed by atoms with Crippen molar-refractivity contribution in [2.45, 2.75) is 6.61 Å². The lowest BCUT2D eigenvalue weighted by Crippen LogP contribution is -2.05. The number of hydrogen-bond acceptors (Lipinski definition) is 6. The van der Waals surface area contributed by atoms with Crippen LogP contribution in [0.25, 0.3) is 21.7 Å². The van der Waals surface area contributed by atoms with Gasteiger partial charge in [0.25, 0.3) is 0 Å². The summed E-state index contributed by atoms with van der Waals surface area (Å²) in [5.74, 6) is 0.0900. The lowest BCUT2D eigenvalue weighted by atomic mass is 10.1. The van der Waals surface area contributed by atoms with Gasteiger partial charge in [-0.15, -0.1) is 11.3 Å². The number of halogens is 1. The molecule has 0 N–H and O–H groups in total. The fourth-order valence-electron chi connectivity index (χ4n) is 2.34. The molecular weight excluding hydrogens is 360 g/mol. The summed E-state index contributed by atoms with van der Waals surface area (Å²) < 4.78 is 10.7. The lowest BCUT2D eigenvalue weighted by molar-refractivity contribution is 0.0468. The SMILES string of the molecule is O=C(OCc1coc(-c2cccs2)n1)c1ccc2nc(Cl)ccc2c1. The van der Waals surface area contributed by atoms with E-state index in [1.807, 2.05) is 23.6 Å². The highest BCUT2D eigenvalue weighted by Crippen LogP contribution is 2.24. The van der Waals surface area contributed by atoms with Crippen molar-refractivity contribution >= 4 is 39.8 Å². The number of ether oxygens (including phenoxy) is 1. The molecule has 0 aliphatic heterocycles. The molecule has 3 aromatic heterocycles. The van der Waals surface area contributed by atoms with E-state index >= 15 is 0 Å². The summed E-state index contributed by atoms with van der Waals surface area (Å²) in [6.45, 7) is 0.0462. The second kappa shape index (κ2) is 6.66. The highest BCUT2D eigenvalue weighted by Gasteiger charge is 2.12. The van der Waals surface area contributed by atoms with Crippen LogP contribution < -0.4 is 0 Å². The number of carbonyl (C=O) groups excluding carboxylic acids is 1. The van der Waals surface area contributed by atoms with Gasteiger partial charge in [-0.1, -0.05) is 17.7 Å². The first-order chi connectivity index (χ1) is 12.2. The van der Waals surface area contributed by atoms with Crippen LogP contribution in [0.2, 0.25) is 5.15 Å². The smallest absolute Gasteiger partial charge is 0.338 e. The van der Waals surface area contributed by atoms with E-state index in [0.29, 0.717) is 22.3 Å². The molecule has 25 heavy (non-hydrogen) atoms. The van der Waals surface area contributed by atoms with Crippen molar-refractivity contribution in [2.75, 3.05) is 0 Å². The van der Waals surface area contributed by atoms with E-state index in [4.69, 9.17) is 20.8 Å². The Balaban J connectivity index is 1.46. The number of thiophene rings is 1. The first kappa shape index (κ1) is 15.8. The Morgan fingerprint density at radius 3 is 2.96 bits per heavy atom. The Kier molecular flexibility index (Phi) is 4.21. The quantitative estimate of drug-likeness (QED) is 0.375. The molecule has 124 valence electrons. The van der Waals surface area contributed by atoms with E-state index in [9.17, 15) is 4.79 Å². The van der Waals surface area contributed by atoms with Gasteiger partial charge in [-0.05, 0) is 41.8 Å². The molecule has 0 bridgehead atoms. The molecule has 0 atom stereocenters. The molecular formula is C18H11ClN2O3S. The Hall–Kier alpha value is -2.70. The highest BCUT2D eigenvalue weighted by molar-refractivity contribution is 7.13. The van der Waals surface area contributed by atoms with Crippen LogP contribution in [0.3, 0.4) is 0 Å². The standard InChI is InChI=1S/C18H11ClN2O3S/c19-16-6-4-11-8-12(3-5-14(11)21-16)18(22)24-10-13-9-23-17(20-13)15-2-1-7-25-15/h1-9H,10H2. The predicted octanol–water partition coefficient (Wildman–Crippen LogP) is 4.96. The van der Waals surface area contributed by atoms with Gasteiger partial charge >= 0.3 is 5.97 Å². The molecule has 4 rings (SSSR count). The van der Waals surface area contributed by atoms with Crippen LogP contribution in [0.5, 0.6) is 0 Å². The fraction of sp³-hybridized carbons (Fsp3) is 0.0556. The minimum atomic E-state index is -0.433. The maximum absolute atomic E-state index is 12.2. The number of nitrogens with zero attached hydrogens (tertiary/aromatic N) is 2. The molecule has 0 spiro atoms. The zero-order chi connectivity index (χ0) is 17.2. The van der Waals surface area contributed by atoms with E-state index in [2.05, 4.69) is 9.97 Å². The van der Waals surface area contributed by atoms with Gasteiger partial charge in [-0.2, -0.15) is 0 Å². The molecule has 0 radical (unpaired) electrons. The first-order valence-electron chi connectivity index (χ1n) is 7.41. The Labute approximate surface area is 151 Å². The monoisotopic (exact) mass is 370 g/mol. The van der Waals surface area contributed by atoms with Crippen LogP contribution in [0.15, 0.2) is 58.5 Å². The van der Waals surface area contributed by atoms with Gasteiger partial charge in [-0.3, -0.25) is 0 Å². The largest absolute Gasteiger partial charge is 0.455 e. The Bertz CT molecular complexity index is 1040. The summed E-state index contributed by atoms with van der Waals surface area (Å²) in [5, 5.41) is 3.18. The number of rotatable bonds is 4. The van der Waals surface area contributed by atoms with Gasteiger partial charge in [-0.25, -0.2) is 14.8 Å². The van der Waals surface area contributed by atoms with E-state index in [-0.39, 0.29) is 6.61 Å². The van der Waals surface area contributed by atoms with Crippen LogP contribution >= 0.6 is 22.9 Å². The number of carbonyl (C=O) groups is 1. The molecule has 0 aliphatic rings. The van der Waals surface area contributed by atoms with Gasteiger partial charge in [0.2, 0.25) is 5.89 Å². The molecule has 0 unspecified atom stereocenters. The van der Waals surface area contributed by atoms with E-state index in [1.165, 1.54) is 17.6 Å². The number of benzene rings is 1. The van der Waals surface area contributed by atoms with Crippen LogP contribution in [0.4, 0.5) is 0 Å². The lowest BCUT2D eigenvalue weighted by Gasteiger charge is -2.04. The fourth-order valence-corrected chi connectivity index (χ4v) is 3.15. The van der Waals surface area contributed by atoms with Crippen molar-refractivity contribution in [2.24, 2.45) is 0 Å². The third-order valence-corrected chi connectivity index (χ3v) is 4.59. The minimum Gasteiger partial charge on any atom is -0.455 e. The average Bonchev–Trinajstić information content (AvgIpc) is 3.30. The number of aromatic nitrogens is 2. The van der Waals surface area contributed by atoms with Crippen molar-refractivity contribution in [3.63, 3.8) is 0 Å². The number of hydrogen-bond donors (Lipinski definition) is 0. The maximum atomic E-state index is 12.2. The summed E-state index contributed by atoms with van der Waals surface area (Å²) in [6, 6.07) is 12.5. The molecule has 0 saturated carbocycles. The summed E-state index contributed by atoms with van der Waals surface area (Å²) in [5.41, 5.74) is 1.73. The van der Waals surface area contributed by atoms with E-state index in [1.54, 1.807) is 24.3 Å². The summed E-state index contributed by atoms with van der Waals surface area (Å²) in [6.07, 6.45) is 1.49. The van der Waals surface area contributed by atoms with Gasteiger partial charge in [0.1, 0.15) is 23.7 Å². The van der Waals surface area contributed by atoms with Gasteiger partial charge in [0.05, 0.1) is 16.0 Å². The molecule has 0 amide bonds. The second-order valence-corrected chi connectivity index (χ2v) is 6.57. The molecule has 0 saturated heterocycles. The third kappa shape index (κ3) is 3.40. The molecule has 7 heteroatoms. The zero-order valence-corrected chi connectivity index (χ0v) is 14.4. The van der Waals surface area contributed by atoms with Crippen molar-refractivity contribution in [1.29, 1.82) is 0 Å². The van der Waals surface area contributed by atoms with Crippen LogP contribution in [-0.4, -0.2) is 15.9 Å². The van der Waals surface area contributed by atoms with Crippen molar-refractivity contribution in [1.82, 2.24) is 9.97 Å². The van der Waals surface area contributed by atoms with Crippen molar-refractivity contribution in [3.8, 4) is 10.8 Å². The molecule has 5 nitrogen and oxygen atoms in total. The molecule has 1 aromatic carbocycles. The molecule has 0 fully saturated rings. The number of fused-ring (bicyclic) bond motifs is 1. The maximum Gasteiger partial charge on any atom is 0.338 e. The number of esters is 1. The molecule has 3 heterocycles. The summed E-state index contributed by atoms with van der Waals surface area (Å²) >= 11 is 7.39. The number of oxazole rings is 1. The first-order valence-corrected chi connectivity index (χ1v) is 8.66. The summed E-state index contributed by atoms with van der Waals surface area (Å²) in [7, 11) is 0. The van der Waals surface area contributed by atoms with Crippen molar-refractivity contribution in [3.05, 3.63) is 70.5 Å². The van der Waals surface area contributed by atoms with Gasteiger partial charge < -0.3 is 9.15 Å². The van der Waals surface area contributed by atoms with Crippen molar-refractivity contribution < 1.29 is 13.9 Å². The average molecular weight is 371 g/mol. The Morgan fingerprint density at radius 2 is 2.12 bits per heavy atom. The number of pyridine rings is 1. The van der Waals surface area contributed by atoms with Crippen LogP contribution in [0, 0.1) is 0 Å². The topological polar surface area (TPSA) is 65.2 Å². The van der Waals surface area contributed by atoms with E-state index < -0.39 is 5.97 Å². The van der Waals surface area contributed by atoms with Crippen LogP contribution in [-0.2, 0) is 11.3 Å². The minimum absolute atomic E-state index is 0.0462. The molecule has 4 aromatic rings. The van der Waals surface area contributed by atoms with Gasteiger partial charge in [0, 0.05) is 5.39 Å². The third-order valence-electron chi connectivity index (χ3n) is 3.53. The predicted molar refractivity (Wildman–Crippen MR) is 95.7 cm³/mol. The normalized spacial score (nSPS) is 10.9. The zero-order valence-electron chi connectivity index (χ0n) is 12.8. The van der Waals surface area contributed by atoms with E-state index in [0.717, 1.165) is 15.8 Å². The molecule has 0 aliphatic carbocycles. The highest BCUT2D eigenvalue weighted by atomic mass is 35.5. The Morgan fingerprint density at radius 1 is 1.20 bits per heavy atom.